The van der Waals surface area contributed by atoms with Gasteiger partial charge < -0.3 is 18.8 Å². The maximum atomic E-state index is 12.9. The molecule has 0 radical (unpaired) electrons. The third-order valence-corrected chi connectivity index (χ3v) is 12.5. The first-order chi connectivity index (χ1) is 17.7. The summed E-state index contributed by atoms with van der Waals surface area (Å²) in [5.74, 6) is 1.60. The van der Waals surface area contributed by atoms with Crippen molar-refractivity contribution in [2.75, 3.05) is 26.8 Å². The first-order valence-corrected chi connectivity index (χ1v) is 16.8. The van der Waals surface area contributed by atoms with Crippen molar-refractivity contribution in [3.8, 4) is 5.75 Å². The molecular weight excluding hydrogens is 492 g/mol. The van der Waals surface area contributed by atoms with Crippen LogP contribution in [0.2, 0.25) is 18.1 Å². The molecule has 1 aliphatic rings. The lowest BCUT2D eigenvalue weighted by atomic mass is 9.81. The zero-order chi connectivity index (χ0) is 28.1. The Balaban J connectivity index is 1.73. The first kappa shape index (κ1) is 30.2. The highest BCUT2D eigenvalue weighted by Crippen LogP contribution is 2.37. The monoisotopic (exact) mass is 540 g/mol. The molecule has 1 aromatic heterocycles. The minimum Gasteiger partial charge on any atom is -0.495 e. The van der Waals surface area contributed by atoms with Gasteiger partial charge >= 0.3 is 6.09 Å². The zero-order valence-corrected chi connectivity index (χ0v) is 26.0. The molecule has 210 valence electrons. The molecule has 7 heteroatoms. The highest BCUT2D eigenvalue weighted by atomic mass is 28.4. The molecule has 2 atom stereocenters. The summed E-state index contributed by atoms with van der Waals surface area (Å²) >= 11 is 0. The van der Waals surface area contributed by atoms with Crippen molar-refractivity contribution in [1.82, 2.24) is 9.88 Å². The predicted octanol–water partition coefficient (Wildman–Crippen LogP) is 7.93. The van der Waals surface area contributed by atoms with Gasteiger partial charge in [0.25, 0.3) is 0 Å². The lowest BCUT2D eigenvalue weighted by Crippen LogP contribution is -2.46. The zero-order valence-electron chi connectivity index (χ0n) is 25.0. The average Bonchev–Trinajstić information content (AvgIpc) is 2.82. The second-order valence-electron chi connectivity index (χ2n) is 13.1. The summed E-state index contributed by atoms with van der Waals surface area (Å²) in [4.78, 5) is 19.3. The largest absolute Gasteiger partial charge is 0.495 e. The number of aromatic nitrogens is 1. The van der Waals surface area contributed by atoms with Gasteiger partial charge in [0.1, 0.15) is 11.4 Å². The van der Waals surface area contributed by atoms with Crippen LogP contribution in [0.5, 0.6) is 5.75 Å². The number of rotatable bonds is 8. The van der Waals surface area contributed by atoms with Crippen LogP contribution in [0.15, 0.2) is 36.5 Å². The average molecular weight is 541 g/mol. The molecule has 2 heterocycles. The highest BCUT2D eigenvalue weighted by Gasteiger charge is 2.38. The minimum absolute atomic E-state index is 0.181. The Hall–Kier alpha value is -2.38. The molecule has 2 aromatic rings. The fourth-order valence-electron chi connectivity index (χ4n) is 4.67. The van der Waals surface area contributed by atoms with Crippen LogP contribution in [0, 0.1) is 11.8 Å². The van der Waals surface area contributed by atoms with E-state index in [4.69, 9.17) is 13.9 Å². The quantitative estimate of drug-likeness (QED) is 0.318. The number of benzene rings is 1. The standard InChI is InChI=1S/C31H48N2O4Si/c1-30(2,3)37-29(34)33-18-16-23(25(22-33)17-19-36-38(8,9)31(4,5)6)12-10-13-24-14-11-15-28-27(24)20-26(35-7)21-32-28/h10-11,13-15,20-21,23,25H,12,16-19,22H2,1-9H3/b13-10+/t23-,25+/m1/s1. The van der Waals surface area contributed by atoms with Gasteiger partial charge in [-0.1, -0.05) is 45.1 Å². The Bertz CT molecular complexity index is 1120. The molecule has 1 amide bonds. The Labute approximate surface area is 230 Å². The minimum atomic E-state index is -1.82. The Morgan fingerprint density at radius 3 is 2.55 bits per heavy atom. The van der Waals surface area contributed by atoms with Gasteiger partial charge in [0.2, 0.25) is 0 Å². The molecule has 0 N–H and O–H groups in total. The number of hydrogen-bond donors (Lipinski definition) is 0. The van der Waals surface area contributed by atoms with Crippen LogP contribution >= 0.6 is 0 Å². The van der Waals surface area contributed by atoms with Crippen LogP contribution in [0.1, 0.15) is 66.4 Å². The van der Waals surface area contributed by atoms with Crippen molar-refractivity contribution >= 4 is 31.4 Å². The summed E-state index contributed by atoms with van der Waals surface area (Å²) < 4.78 is 17.6. The van der Waals surface area contributed by atoms with Crippen LogP contribution < -0.4 is 4.74 Å². The Kier molecular flexibility index (Phi) is 9.69. The Morgan fingerprint density at radius 2 is 1.89 bits per heavy atom. The number of piperidine rings is 1. The van der Waals surface area contributed by atoms with Gasteiger partial charge in [-0.25, -0.2) is 4.79 Å². The summed E-state index contributed by atoms with van der Waals surface area (Å²) in [6.07, 6.45) is 8.89. The smallest absolute Gasteiger partial charge is 0.410 e. The summed E-state index contributed by atoms with van der Waals surface area (Å²) in [5, 5.41) is 1.27. The van der Waals surface area contributed by atoms with Crippen molar-refractivity contribution < 1.29 is 18.7 Å². The molecule has 1 aliphatic heterocycles. The van der Waals surface area contributed by atoms with Gasteiger partial charge in [-0.15, -0.1) is 0 Å². The molecule has 1 aromatic carbocycles. The van der Waals surface area contributed by atoms with Gasteiger partial charge in [0.15, 0.2) is 8.32 Å². The molecule has 0 saturated carbocycles. The second kappa shape index (κ2) is 12.2. The molecule has 1 saturated heterocycles. The van der Waals surface area contributed by atoms with E-state index in [9.17, 15) is 4.79 Å². The van der Waals surface area contributed by atoms with Gasteiger partial charge in [0, 0.05) is 25.1 Å². The van der Waals surface area contributed by atoms with Crippen molar-refractivity contribution in [2.24, 2.45) is 11.8 Å². The number of pyridine rings is 1. The van der Waals surface area contributed by atoms with Crippen LogP contribution in [0.3, 0.4) is 0 Å². The highest BCUT2D eigenvalue weighted by molar-refractivity contribution is 6.74. The molecule has 0 bridgehead atoms. The molecule has 6 nitrogen and oxygen atoms in total. The molecule has 3 rings (SSSR count). The topological polar surface area (TPSA) is 60.9 Å². The van der Waals surface area contributed by atoms with Crippen LogP contribution in [-0.4, -0.2) is 56.7 Å². The SMILES string of the molecule is COc1cnc2cccc(/C=C/C[C@@H]3CCN(C(=O)OC(C)(C)C)C[C@@H]3CCO[Si](C)(C)C(C)(C)C)c2c1. The van der Waals surface area contributed by atoms with Crippen molar-refractivity contribution in [1.29, 1.82) is 0 Å². The molecule has 38 heavy (non-hydrogen) atoms. The van der Waals surface area contributed by atoms with E-state index < -0.39 is 13.9 Å². The lowest BCUT2D eigenvalue weighted by molar-refractivity contribution is 0.00824. The van der Waals surface area contributed by atoms with E-state index in [0.717, 1.165) is 54.6 Å². The van der Waals surface area contributed by atoms with E-state index in [1.807, 2.05) is 43.9 Å². The van der Waals surface area contributed by atoms with Gasteiger partial charge in [-0.2, -0.15) is 0 Å². The number of carbonyl (C=O) groups is 1. The number of allylic oxidation sites excluding steroid dienone is 1. The fraction of sp³-hybridized carbons (Fsp3) is 0.613. The first-order valence-electron chi connectivity index (χ1n) is 13.9. The van der Waals surface area contributed by atoms with E-state index in [-0.39, 0.29) is 11.1 Å². The van der Waals surface area contributed by atoms with E-state index in [0.29, 0.717) is 18.4 Å². The number of nitrogens with zero attached hydrogens (tertiary/aromatic N) is 2. The van der Waals surface area contributed by atoms with Crippen molar-refractivity contribution in [3.63, 3.8) is 0 Å². The van der Waals surface area contributed by atoms with Crippen LogP contribution in [0.4, 0.5) is 4.79 Å². The second-order valence-corrected chi connectivity index (χ2v) is 17.9. The third kappa shape index (κ3) is 8.06. The molecule has 0 aliphatic carbocycles. The Morgan fingerprint density at radius 1 is 1.16 bits per heavy atom. The number of likely N-dealkylation sites (tertiary alicyclic amines) is 1. The number of fused-ring (bicyclic) bond motifs is 1. The fourth-order valence-corrected chi connectivity index (χ4v) is 5.73. The predicted molar refractivity (Wildman–Crippen MR) is 159 cm³/mol. The van der Waals surface area contributed by atoms with Crippen LogP contribution in [-0.2, 0) is 9.16 Å². The summed E-state index contributed by atoms with van der Waals surface area (Å²) in [6.45, 7) is 19.4. The molecule has 0 unspecified atom stereocenters. The normalized spacial score (nSPS) is 19.2. The number of hydrogen-bond acceptors (Lipinski definition) is 5. The third-order valence-electron chi connectivity index (χ3n) is 8.01. The van der Waals surface area contributed by atoms with Gasteiger partial charge in [-0.05, 0) is 87.7 Å². The number of carbonyl (C=O) groups excluding carboxylic acids is 1. The van der Waals surface area contributed by atoms with E-state index in [1.165, 1.54) is 0 Å². The van der Waals surface area contributed by atoms with E-state index >= 15 is 0 Å². The lowest BCUT2D eigenvalue weighted by Gasteiger charge is -2.40. The maximum absolute atomic E-state index is 12.9. The van der Waals surface area contributed by atoms with E-state index in [1.54, 1.807) is 13.3 Å². The number of methoxy groups -OCH3 is 1. The van der Waals surface area contributed by atoms with Gasteiger partial charge in [0.05, 0.1) is 18.8 Å². The summed E-state index contributed by atoms with van der Waals surface area (Å²) in [6, 6.07) is 8.23. The summed E-state index contributed by atoms with van der Waals surface area (Å²) in [7, 11) is -0.154. The van der Waals surface area contributed by atoms with E-state index in [2.05, 4.69) is 57.1 Å². The maximum Gasteiger partial charge on any atom is 0.410 e. The number of ether oxygens (including phenoxy) is 2. The van der Waals surface area contributed by atoms with Crippen molar-refractivity contribution in [3.05, 3.63) is 42.1 Å². The van der Waals surface area contributed by atoms with Gasteiger partial charge in [-0.3, -0.25) is 4.98 Å². The van der Waals surface area contributed by atoms with Crippen molar-refractivity contribution in [2.45, 2.75) is 84.5 Å². The van der Waals surface area contributed by atoms with Crippen LogP contribution in [0.25, 0.3) is 17.0 Å². The molecular formula is C31H48N2O4Si. The number of amides is 1. The molecule has 0 spiro atoms. The molecule has 1 fully saturated rings. The summed E-state index contributed by atoms with van der Waals surface area (Å²) in [5.41, 5.74) is 1.60.